The lowest BCUT2D eigenvalue weighted by Gasteiger charge is -2.19. The molecule has 0 aliphatic rings. The molecule has 0 saturated heterocycles. The number of likely N-dealkylation sites (N-methyl/N-ethyl adjacent to an activating group) is 1. The number of hydrogen-bond donors (Lipinski definition) is 1. The molecule has 0 aliphatic heterocycles. The zero-order valence-electron chi connectivity index (χ0n) is 24.3. The molecular formula is C29H60NO5P. The lowest BCUT2D eigenvalue weighted by atomic mass is 10.0. The van der Waals surface area contributed by atoms with E-state index in [2.05, 4.69) is 6.92 Å². The van der Waals surface area contributed by atoms with Crippen molar-refractivity contribution in [1.29, 1.82) is 0 Å². The van der Waals surface area contributed by atoms with E-state index >= 15 is 0 Å². The van der Waals surface area contributed by atoms with Crippen LogP contribution in [0.5, 0.6) is 0 Å². The molecule has 0 amide bonds. The summed E-state index contributed by atoms with van der Waals surface area (Å²) in [6, 6.07) is 0. The average Bonchev–Trinajstić information content (AvgIpc) is 2.84. The van der Waals surface area contributed by atoms with Crippen LogP contribution >= 0.6 is 8.60 Å². The summed E-state index contributed by atoms with van der Waals surface area (Å²) in [5, 5.41) is 0. The minimum atomic E-state index is -1.91. The van der Waals surface area contributed by atoms with Crippen LogP contribution in [0.15, 0.2) is 0 Å². The van der Waals surface area contributed by atoms with Crippen LogP contribution in [0.2, 0.25) is 0 Å². The number of carbonyl (C=O) groups excluding carboxylic acids is 1. The molecule has 0 heterocycles. The Balaban J connectivity index is 3.73. The molecule has 0 aromatic carbocycles. The predicted molar refractivity (Wildman–Crippen MR) is 153 cm³/mol. The Morgan fingerprint density at radius 1 is 0.722 bits per heavy atom. The Labute approximate surface area is 225 Å². The number of unbranched alkanes of at least 4 members (excludes halogenated alkanes) is 14. The third-order valence-corrected chi connectivity index (χ3v) is 7.23. The first-order valence-electron chi connectivity index (χ1n) is 15.0. The maximum Gasteiger partial charge on any atom is 0.329 e. The van der Waals surface area contributed by atoms with Crippen LogP contribution in [-0.2, 0) is 18.6 Å². The van der Waals surface area contributed by atoms with E-state index in [0.717, 1.165) is 26.0 Å². The van der Waals surface area contributed by atoms with E-state index < -0.39 is 8.60 Å². The van der Waals surface area contributed by atoms with Gasteiger partial charge in [0.1, 0.15) is 5.78 Å². The van der Waals surface area contributed by atoms with Gasteiger partial charge in [0.25, 0.3) is 0 Å². The second-order valence-electron chi connectivity index (χ2n) is 10.6. The van der Waals surface area contributed by atoms with Gasteiger partial charge in [-0.15, -0.1) is 0 Å². The molecule has 0 saturated carbocycles. The lowest BCUT2D eigenvalue weighted by Crippen LogP contribution is -2.20. The second kappa shape index (κ2) is 27.9. The van der Waals surface area contributed by atoms with E-state index in [1.165, 1.54) is 89.9 Å². The number of rotatable bonds is 29. The molecule has 0 aromatic heterocycles. The van der Waals surface area contributed by atoms with Gasteiger partial charge in [0, 0.05) is 31.9 Å². The van der Waals surface area contributed by atoms with Crippen molar-refractivity contribution in [1.82, 2.24) is 4.90 Å². The summed E-state index contributed by atoms with van der Waals surface area (Å²) in [4.78, 5) is 24.1. The van der Waals surface area contributed by atoms with Crippen LogP contribution in [0.1, 0.15) is 129 Å². The molecule has 0 spiro atoms. The Hall–Kier alpha value is -0.100. The van der Waals surface area contributed by atoms with Crippen LogP contribution in [-0.4, -0.2) is 62.6 Å². The highest BCUT2D eigenvalue weighted by Gasteiger charge is 2.17. The van der Waals surface area contributed by atoms with Gasteiger partial charge in [-0.05, 0) is 26.9 Å². The number of carbonyl (C=O) groups is 1. The van der Waals surface area contributed by atoms with Gasteiger partial charge in [-0.1, -0.05) is 104 Å². The molecule has 2 atom stereocenters. The molecule has 1 N–H and O–H groups in total. The Kier molecular flexibility index (Phi) is 27.8. The Morgan fingerprint density at radius 2 is 1.25 bits per heavy atom. The molecule has 0 bridgehead atoms. The maximum absolute atomic E-state index is 12.1. The highest BCUT2D eigenvalue weighted by atomic mass is 31.2. The summed E-state index contributed by atoms with van der Waals surface area (Å²) in [7, 11) is 2.00. The summed E-state index contributed by atoms with van der Waals surface area (Å²) in [6.45, 7) is 6.95. The van der Waals surface area contributed by atoms with Gasteiger partial charge in [0.2, 0.25) is 0 Å². The zero-order valence-corrected chi connectivity index (χ0v) is 25.2. The number of hydrogen-bond acceptors (Lipinski definition) is 6. The quantitative estimate of drug-likeness (QED) is 0.0774. The van der Waals surface area contributed by atoms with E-state index in [4.69, 9.17) is 13.8 Å². The van der Waals surface area contributed by atoms with Gasteiger partial charge < -0.3 is 23.6 Å². The molecule has 7 heteroatoms. The minimum absolute atomic E-state index is 0.0324. The van der Waals surface area contributed by atoms with Crippen molar-refractivity contribution < 1.29 is 23.5 Å². The largest absolute Gasteiger partial charge is 0.381 e. The van der Waals surface area contributed by atoms with E-state index in [0.29, 0.717) is 32.7 Å². The standard InChI is InChI=1S/C29H60NO5P/c1-5-7-8-9-10-11-12-13-14-15-16-17-18-19-20-23-33-26-28(25-29(31)21-6-2)27-35-36(32)34-24-22-30(3)4/h28,32H,5-27H2,1-4H3. The van der Waals surface area contributed by atoms with Crippen LogP contribution in [0, 0.1) is 5.92 Å². The molecule has 0 fully saturated rings. The predicted octanol–water partition coefficient (Wildman–Crippen LogP) is 8.06. The molecule has 0 aromatic rings. The van der Waals surface area contributed by atoms with Crippen LogP contribution < -0.4 is 0 Å². The fraction of sp³-hybridized carbons (Fsp3) is 0.966. The number of nitrogens with zero attached hydrogens (tertiary/aromatic N) is 1. The number of ether oxygens (including phenoxy) is 1. The van der Waals surface area contributed by atoms with Gasteiger partial charge in [0.15, 0.2) is 0 Å². The summed E-state index contributed by atoms with van der Waals surface area (Å²) in [5.41, 5.74) is 0. The lowest BCUT2D eigenvalue weighted by molar-refractivity contribution is -0.120. The summed E-state index contributed by atoms with van der Waals surface area (Å²) >= 11 is 0. The van der Waals surface area contributed by atoms with Crippen molar-refractivity contribution in [2.75, 3.05) is 47.1 Å². The molecular weight excluding hydrogens is 473 g/mol. The monoisotopic (exact) mass is 533 g/mol. The molecule has 36 heavy (non-hydrogen) atoms. The van der Waals surface area contributed by atoms with Crippen molar-refractivity contribution >= 4 is 14.4 Å². The minimum Gasteiger partial charge on any atom is -0.381 e. The Bertz CT molecular complexity index is 467. The van der Waals surface area contributed by atoms with Crippen LogP contribution in [0.25, 0.3) is 0 Å². The van der Waals surface area contributed by atoms with Gasteiger partial charge in [-0.3, -0.25) is 4.79 Å². The van der Waals surface area contributed by atoms with Crippen molar-refractivity contribution in [3.05, 3.63) is 0 Å². The van der Waals surface area contributed by atoms with Gasteiger partial charge in [0.05, 0.1) is 19.8 Å². The summed E-state index contributed by atoms with van der Waals surface area (Å²) in [6.07, 6.45) is 22.2. The van der Waals surface area contributed by atoms with Crippen molar-refractivity contribution in [2.24, 2.45) is 5.92 Å². The number of ketones is 1. The molecule has 0 radical (unpaired) electrons. The fourth-order valence-electron chi connectivity index (χ4n) is 4.20. The molecule has 6 nitrogen and oxygen atoms in total. The van der Waals surface area contributed by atoms with Crippen molar-refractivity contribution in [3.63, 3.8) is 0 Å². The van der Waals surface area contributed by atoms with E-state index in [1.807, 2.05) is 25.9 Å². The fourth-order valence-corrected chi connectivity index (χ4v) is 4.85. The summed E-state index contributed by atoms with van der Waals surface area (Å²) < 4.78 is 16.7. The first kappa shape index (κ1) is 35.9. The molecule has 0 aliphatic carbocycles. The van der Waals surface area contributed by atoms with Gasteiger partial charge in [-0.25, -0.2) is 0 Å². The smallest absolute Gasteiger partial charge is 0.329 e. The topological polar surface area (TPSA) is 68.2 Å². The van der Waals surface area contributed by atoms with Crippen molar-refractivity contribution in [3.8, 4) is 0 Å². The van der Waals surface area contributed by atoms with E-state index in [-0.39, 0.29) is 11.7 Å². The SMILES string of the molecule is CCCCCCCCCCCCCCCCCOCC(COP(O)OCCN(C)C)CC(=O)CCC. The maximum atomic E-state index is 12.1. The normalized spacial score (nSPS) is 13.4. The van der Waals surface area contributed by atoms with Gasteiger partial charge in [-0.2, -0.15) is 0 Å². The van der Waals surface area contributed by atoms with Crippen LogP contribution in [0.3, 0.4) is 0 Å². The molecule has 2 unspecified atom stereocenters. The Morgan fingerprint density at radius 3 is 1.75 bits per heavy atom. The number of Topliss-reactive ketones (excluding diaryl/α,β-unsaturated/α-hetero) is 1. The zero-order chi connectivity index (χ0) is 26.7. The molecule has 0 rings (SSSR count). The third kappa shape index (κ3) is 26.9. The van der Waals surface area contributed by atoms with Crippen molar-refractivity contribution in [2.45, 2.75) is 129 Å². The summed E-state index contributed by atoms with van der Waals surface area (Å²) in [5.74, 6) is 0.201. The first-order valence-corrected chi connectivity index (χ1v) is 16.1. The van der Waals surface area contributed by atoms with Crippen LogP contribution in [0.4, 0.5) is 0 Å². The first-order chi connectivity index (χ1) is 17.5. The van der Waals surface area contributed by atoms with Gasteiger partial charge >= 0.3 is 8.60 Å². The highest BCUT2D eigenvalue weighted by molar-refractivity contribution is 7.40. The van der Waals surface area contributed by atoms with E-state index in [1.54, 1.807) is 0 Å². The molecule has 216 valence electrons. The third-order valence-electron chi connectivity index (χ3n) is 6.45. The second-order valence-corrected chi connectivity index (χ2v) is 11.5. The average molecular weight is 534 g/mol. The highest BCUT2D eigenvalue weighted by Crippen LogP contribution is 2.33. The van der Waals surface area contributed by atoms with E-state index in [9.17, 15) is 9.69 Å².